The SMILES string of the molecule is CCCN1CC[C@@H](CNc2ncccc2F)C1. The number of nitrogens with one attached hydrogen (secondary N) is 1. The number of hydrogen-bond acceptors (Lipinski definition) is 3. The van der Waals surface area contributed by atoms with Gasteiger partial charge in [-0.15, -0.1) is 0 Å². The van der Waals surface area contributed by atoms with Gasteiger partial charge in [-0.05, 0) is 44.0 Å². The molecule has 1 aromatic rings. The maximum atomic E-state index is 13.3. The van der Waals surface area contributed by atoms with E-state index in [9.17, 15) is 4.39 Å². The number of hydrogen-bond donors (Lipinski definition) is 1. The predicted molar refractivity (Wildman–Crippen MR) is 67.5 cm³/mol. The number of aromatic nitrogens is 1. The van der Waals surface area contributed by atoms with Gasteiger partial charge in [-0.1, -0.05) is 6.92 Å². The summed E-state index contributed by atoms with van der Waals surface area (Å²) in [5, 5.41) is 3.10. The molecular weight excluding hydrogens is 217 g/mol. The van der Waals surface area contributed by atoms with Crippen molar-refractivity contribution >= 4 is 5.82 Å². The molecule has 0 bridgehead atoms. The van der Waals surface area contributed by atoms with Gasteiger partial charge >= 0.3 is 0 Å². The molecule has 0 spiro atoms. The zero-order valence-electron chi connectivity index (χ0n) is 10.3. The second-order valence-corrected chi connectivity index (χ2v) is 4.67. The highest BCUT2D eigenvalue weighted by atomic mass is 19.1. The molecule has 1 atom stereocenters. The Bertz CT molecular complexity index is 356. The topological polar surface area (TPSA) is 28.2 Å². The summed E-state index contributed by atoms with van der Waals surface area (Å²) in [6, 6.07) is 3.05. The fourth-order valence-corrected chi connectivity index (χ4v) is 2.36. The molecule has 1 aliphatic heterocycles. The fourth-order valence-electron chi connectivity index (χ4n) is 2.36. The average molecular weight is 237 g/mol. The van der Waals surface area contributed by atoms with Crippen LogP contribution in [0.15, 0.2) is 18.3 Å². The minimum absolute atomic E-state index is 0.268. The van der Waals surface area contributed by atoms with E-state index in [2.05, 4.69) is 22.1 Å². The van der Waals surface area contributed by atoms with Gasteiger partial charge in [0.05, 0.1) is 0 Å². The molecule has 1 aliphatic rings. The maximum Gasteiger partial charge on any atom is 0.165 e. The van der Waals surface area contributed by atoms with Gasteiger partial charge in [0.1, 0.15) is 0 Å². The highest BCUT2D eigenvalue weighted by Gasteiger charge is 2.21. The molecule has 0 unspecified atom stereocenters. The van der Waals surface area contributed by atoms with E-state index >= 15 is 0 Å². The Morgan fingerprint density at radius 1 is 1.59 bits per heavy atom. The Morgan fingerprint density at radius 3 is 3.24 bits per heavy atom. The molecule has 17 heavy (non-hydrogen) atoms. The van der Waals surface area contributed by atoms with E-state index in [1.165, 1.54) is 32.0 Å². The first kappa shape index (κ1) is 12.3. The molecule has 0 aliphatic carbocycles. The second-order valence-electron chi connectivity index (χ2n) is 4.67. The van der Waals surface area contributed by atoms with Crippen LogP contribution < -0.4 is 5.32 Å². The monoisotopic (exact) mass is 237 g/mol. The van der Waals surface area contributed by atoms with Crippen LogP contribution in [0.5, 0.6) is 0 Å². The van der Waals surface area contributed by atoms with Crippen LogP contribution >= 0.6 is 0 Å². The van der Waals surface area contributed by atoms with E-state index < -0.39 is 0 Å². The fraction of sp³-hybridized carbons (Fsp3) is 0.615. The highest BCUT2D eigenvalue weighted by molar-refractivity contribution is 5.35. The van der Waals surface area contributed by atoms with Crippen molar-refractivity contribution in [2.24, 2.45) is 5.92 Å². The van der Waals surface area contributed by atoms with Crippen LogP contribution in [0.25, 0.3) is 0 Å². The average Bonchev–Trinajstić information content (AvgIpc) is 2.76. The van der Waals surface area contributed by atoms with Gasteiger partial charge in [-0.3, -0.25) is 0 Å². The van der Waals surface area contributed by atoms with E-state index in [0.717, 1.165) is 13.1 Å². The van der Waals surface area contributed by atoms with Crippen molar-refractivity contribution in [3.05, 3.63) is 24.1 Å². The highest BCUT2D eigenvalue weighted by Crippen LogP contribution is 2.17. The molecule has 1 aromatic heterocycles. The van der Waals surface area contributed by atoms with Crippen molar-refractivity contribution in [2.45, 2.75) is 19.8 Å². The minimum Gasteiger partial charge on any atom is -0.367 e. The van der Waals surface area contributed by atoms with Crippen molar-refractivity contribution in [3.8, 4) is 0 Å². The van der Waals surface area contributed by atoms with Crippen LogP contribution in [0, 0.1) is 11.7 Å². The molecule has 4 heteroatoms. The van der Waals surface area contributed by atoms with E-state index in [0.29, 0.717) is 11.7 Å². The Labute approximate surface area is 102 Å². The number of nitrogens with zero attached hydrogens (tertiary/aromatic N) is 2. The third-order valence-electron chi connectivity index (χ3n) is 3.23. The van der Waals surface area contributed by atoms with Gasteiger partial charge in [-0.25, -0.2) is 9.37 Å². The third-order valence-corrected chi connectivity index (χ3v) is 3.23. The van der Waals surface area contributed by atoms with Crippen molar-refractivity contribution in [2.75, 3.05) is 31.5 Å². The maximum absolute atomic E-state index is 13.3. The molecule has 3 nitrogen and oxygen atoms in total. The van der Waals surface area contributed by atoms with Gasteiger partial charge < -0.3 is 10.2 Å². The second kappa shape index (κ2) is 5.96. The molecular formula is C13H20FN3. The quantitative estimate of drug-likeness (QED) is 0.852. The van der Waals surface area contributed by atoms with Crippen LogP contribution in [0.1, 0.15) is 19.8 Å². The summed E-state index contributed by atoms with van der Waals surface area (Å²) in [5.41, 5.74) is 0. The lowest BCUT2D eigenvalue weighted by atomic mass is 10.1. The van der Waals surface area contributed by atoms with Gasteiger partial charge in [0.25, 0.3) is 0 Å². The Morgan fingerprint density at radius 2 is 2.47 bits per heavy atom. The van der Waals surface area contributed by atoms with E-state index in [4.69, 9.17) is 0 Å². The molecule has 2 heterocycles. The molecule has 0 amide bonds. The van der Waals surface area contributed by atoms with Crippen LogP contribution in [0.3, 0.4) is 0 Å². The smallest absolute Gasteiger partial charge is 0.165 e. The van der Waals surface area contributed by atoms with Crippen molar-refractivity contribution in [1.82, 2.24) is 9.88 Å². The van der Waals surface area contributed by atoms with E-state index in [1.54, 1.807) is 12.3 Å². The van der Waals surface area contributed by atoms with Gasteiger partial charge in [0.2, 0.25) is 0 Å². The number of halogens is 1. The summed E-state index contributed by atoms with van der Waals surface area (Å²) in [5.74, 6) is 0.723. The molecule has 0 saturated carbocycles. The van der Waals surface area contributed by atoms with Gasteiger partial charge in [-0.2, -0.15) is 0 Å². The zero-order chi connectivity index (χ0) is 12.1. The molecule has 94 valence electrons. The minimum atomic E-state index is -0.268. The van der Waals surface area contributed by atoms with Crippen LogP contribution in [-0.4, -0.2) is 36.1 Å². The predicted octanol–water partition coefficient (Wildman–Crippen LogP) is 2.36. The molecule has 2 rings (SSSR count). The first-order valence-corrected chi connectivity index (χ1v) is 6.36. The Balaban J connectivity index is 1.78. The first-order chi connectivity index (χ1) is 8.29. The number of anilines is 1. The van der Waals surface area contributed by atoms with Gasteiger partial charge in [0.15, 0.2) is 11.6 Å². The Hall–Kier alpha value is -1.16. The summed E-state index contributed by atoms with van der Waals surface area (Å²) in [7, 11) is 0. The lowest BCUT2D eigenvalue weighted by molar-refractivity contribution is 0.327. The van der Waals surface area contributed by atoms with Crippen molar-refractivity contribution < 1.29 is 4.39 Å². The molecule has 0 aromatic carbocycles. The van der Waals surface area contributed by atoms with Crippen LogP contribution in [0.2, 0.25) is 0 Å². The van der Waals surface area contributed by atoms with Gasteiger partial charge in [0, 0.05) is 19.3 Å². The summed E-state index contributed by atoms with van der Waals surface area (Å²) in [4.78, 5) is 6.47. The number of likely N-dealkylation sites (tertiary alicyclic amines) is 1. The van der Waals surface area contributed by atoms with Crippen molar-refractivity contribution in [3.63, 3.8) is 0 Å². The summed E-state index contributed by atoms with van der Waals surface area (Å²) in [6.45, 7) is 6.48. The van der Waals surface area contributed by atoms with E-state index in [1.807, 2.05) is 0 Å². The van der Waals surface area contributed by atoms with Crippen molar-refractivity contribution in [1.29, 1.82) is 0 Å². The third kappa shape index (κ3) is 3.40. The molecule has 1 N–H and O–H groups in total. The normalized spacial score (nSPS) is 20.7. The summed E-state index contributed by atoms with van der Waals surface area (Å²) >= 11 is 0. The zero-order valence-corrected chi connectivity index (χ0v) is 10.3. The summed E-state index contributed by atoms with van der Waals surface area (Å²) in [6.07, 6.45) is 4.01. The van der Waals surface area contributed by atoms with Crippen LogP contribution in [-0.2, 0) is 0 Å². The largest absolute Gasteiger partial charge is 0.367 e. The number of rotatable bonds is 5. The number of pyridine rings is 1. The lowest BCUT2D eigenvalue weighted by Gasteiger charge is -2.15. The first-order valence-electron chi connectivity index (χ1n) is 6.36. The lowest BCUT2D eigenvalue weighted by Crippen LogP contribution is -2.23. The van der Waals surface area contributed by atoms with E-state index in [-0.39, 0.29) is 5.82 Å². The molecule has 1 fully saturated rings. The standard InChI is InChI=1S/C13H20FN3/c1-2-7-17-8-5-11(10-17)9-16-13-12(14)4-3-6-15-13/h3-4,6,11H,2,5,7-10H2,1H3,(H,15,16)/t11-/m0/s1. The molecule has 0 radical (unpaired) electrons. The Kier molecular flexibility index (Phi) is 4.31. The summed E-state index contributed by atoms with van der Waals surface area (Å²) < 4.78 is 13.3. The van der Waals surface area contributed by atoms with Crippen LogP contribution in [0.4, 0.5) is 10.2 Å². The molecule has 1 saturated heterocycles.